The number of primary sulfonamides is 1. The van der Waals surface area contributed by atoms with Gasteiger partial charge in [-0.15, -0.1) is 0 Å². The molecule has 0 aliphatic carbocycles. The van der Waals surface area contributed by atoms with E-state index in [1.165, 1.54) is 12.1 Å². The van der Waals surface area contributed by atoms with Gasteiger partial charge in [0.05, 0.1) is 10.6 Å². The average molecular weight is 473 g/mol. The fourth-order valence-electron chi connectivity index (χ4n) is 3.97. The van der Waals surface area contributed by atoms with E-state index in [-0.39, 0.29) is 10.8 Å². The number of nitrogens with zero attached hydrogens (tertiary/aromatic N) is 2. The average Bonchev–Trinajstić information content (AvgIpc) is 2.95. The first-order valence-corrected chi connectivity index (χ1v) is 12.5. The highest BCUT2D eigenvalue weighted by Gasteiger charge is 2.24. The van der Waals surface area contributed by atoms with E-state index in [9.17, 15) is 13.2 Å². The largest absolute Gasteiger partial charge is 0.350 e. The number of sulfonamides is 1. The Morgan fingerprint density at radius 3 is 2.47 bits per heavy atom. The van der Waals surface area contributed by atoms with E-state index in [0.717, 1.165) is 54.9 Å². The molecule has 0 saturated heterocycles. The van der Waals surface area contributed by atoms with Gasteiger partial charge in [0.15, 0.2) is 0 Å². The van der Waals surface area contributed by atoms with E-state index in [2.05, 4.69) is 9.88 Å². The van der Waals surface area contributed by atoms with E-state index < -0.39 is 10.0 Å². The number of amides is 1. The standard InChI is InChI=1S/C23H25ClN4O3S/c24-18-9-7-17(8-10-18)22-27-21(20-4-2-1-3-15-28(20)22)23(29)26-14-13-16-5-11-19(12-6-16)32(25,30)31/h5-12H,1-4,13-15H2,(H,26,29)(H2,25,30,31). The van der Waals surface area contributed by atoms with E-state index in [1.54, 1.807) is 12.1 Å². The molecule has 0 atom stereocenters. The van der Waals surface area contributed by atoms with E-state index >= 15 is 0 Å². The molecule has 2 aromatic carbocycles. The molecule has 0 spiro atoms. The Morgan fingerprint density at radius 2 is 1.78 bits per heavy atom. The lowest BCUT2D eigenvalue weighted by atomic mass is 10.1. The summed E-state index contributed by atoms with van der Waals surface area (Å²) in [5.74, 6) is 0.597. The van der Waals surface area contributed by atoms with Gasteiger partial charge in [-0.3, -0.25) is 4.79 Å². The molecule has 0 fully saturated rings. The van der Waals surface area contributed by atoms with Crippen LogP contribution in [-0.4, -0.2) is 30.4 Å². The minimum absolute atomic E-state index is 0.0701. The van der Waals surface area contributed by atoms with Crippen molar-refractivity contribution in [2.24, 2.45) is 5.14 Å². The summed E-state index contributed by atoms with van der Waals surface area (Å²) in [5, 5.41) is 8.75. The van der Waals surface area contributed by atoms with Crippen molar-refractivity contribution in [2.75, 3.05) is 6.54 Å². The molecule has 1 amide bonds. The number of aromatic nitrogens is 2. The van der Waals surface area contributed by atoms with Crippen LogP contribution in [-0.2, 0) is 29.4 Å². The van der Waals surface area contributed by atoms with Gasteiger partial charge in [0.1, 0.15) is 11.5 Å². The highest BCUT2D eigenvalue weighted by atomic mass is 35.5. The number of imidazole rings is 1. The Bertz CT molecular complexity index is 1220. The van der Waals surface area contributed by atoms with Crippen molar-refractivity contribution in [3.63, 3.8) is 0 Å². The Kier molecular flexibility index (Phi) is 6.64. The Hall–Kier alpha value is -2.68. The monoisotopic (exact) mass is 472 g/mol. The number of rotatable bonds is 6. The molecule has 0 saturated carbocycles. The maximum Gasteiger partial charge on any atom is 0.271 e. The van der Waals surface area contributed by atoms with Gasteiger partial charge in [-0.2, -0.15) is 0 Å². The fourth-order valence-corrected chi connectivity index (χ4v) is 4.61. The summed E-state index contributed by atoms with van der Waals surface area (Å²) in [6.07, 6.45) is 4.59. The fraction of sp³-hybridized carbons (Fsp3) is 0.304. The first-order valence-electron chi connectivity index (χ1n) is 10.6. The van der Waals surface area contributed by atoms with Crippen molar-refractivity contribution >= 4 is 27.5 Å². The third-order valence-electron chi connectivity index (χ3n) is 5.64. The smallest absolute Gasteiger partial charge is 0.271 e. The lowest BCUT2D eigenvalue weighted by Gasteiger charge is -2.09. The number of fused-ring (bicyclic) bond motifs is 1. The van der Waals surface area contributed by atoms with Crippen molar-refractivity contribution in [3.8, 4) is 11.4 Å². The topological polar surface area (TPSA) is 107 Å². The third-order valence-corrected chi connectivity index (χ3v) is 6.82. The highest BCUT2D eigenvalue weighted by molar-refractivity contribution is 7.89. The summed E-state index contributed by atoms with van der Waals surface area (Å²) in [6.45, 7) is 1.25. The number of hydrogen-bond acceptors (Lipinski definition) is 4. The zero-order chi connectivity index (χ0) is 22.7. The zero-order valence-corrected chi connectivity index (χ0v) is 19.1. The van der Waals surface area contributed by atoms with Gasteiger partial charge in [-0.25, -0.2) is 18.5 Å². The van der Waals surface area contributed by atoms with Crippen LogP contribution in [0.2, 0.25) is 5.02 Å². The van der Waals surface area contributed by atoms with Crippen molar-refractivity contribution in [1.29, 1.82) is 0 Å². The molecule has 0 bridgehead atoms. The molecule has 9 heteroatoms. The zero-order valence-electron chi connectivity index (χ0n) is 17.6. The third kappa shape index (κ3) is 5.03. The number of carbonyl (C=O) groups excluding carboxylic acids is 1. The molecule has 32 heavy (non-hydrogen) atoms. The minimum atomic E-state index is -3.71. The quantitative estimate of drug-likeness (QED) is 0.572. The molecule has 1 aliphatic rings. The van der Waals surface area contributed by atoms with Gasteiger partial charge in [0.25, 0.3) is 5.91 Å². The van der Waals surface area contributed by atoms with Crippen LogP contribution >= 0.6 is 11.6 Å². The van der Waals surface area contributed by atoms with E-state index in [1.807, 2.05) is 24.3 Å². The predicted molar refractivity (Wildman–Crippen MR) is 124 cm³/mol. The summed E-state index contributed by atoms with van der Waals surface area (Å²) >= 11 is 6.04. The Balaban J connectivity index is 1.50. The summed E-state index contributed by atoms with van der Waals surface area (Å²) in [7, 11) is -3.71. The van der Waals surface area contributed by atoms with Crippen LogP contribution in [0.3, 0.4) is 0 Å². The second-order valence-electron chi connectivity index (χ2n) is 7.89. The number of halogens is 1. The van der Waals surface area contributed by atoms with Gasteiger partial charge in [0, 0.05) is 23.7 Å². The van der Waals surface area contributed by atoms with Crippen LogP contribution in [0.1, 0.15) is 41.0 Å². The molecule has 2 heterocycles. The molecular weight excluding hydrogens is 448 g/mol. The maximum absolute atomic E-state index is 13.0. The highest BCUT2D eigenvalue weighted by Crippen LogP contribution is 2.28. The van der Waals surface area contributed by atoms with Crippen LogP contribution in [0.4, 0.5) is 0 Å². The van der Waals surface area contributed by atoms with Crippen LogP contribution in [0.5, 0.6) is 0 Å². The second kappa shape index (κ2) is 9.44. The van der Waals surface area contributed by atoms with Crippen LogP contribution in [0, 0.1) is 0 Å². The van der Waals surface area contributed by atoms with Crippen molar-refractivity contribution in [2.45, 2.75) is 43.5 Å². The normalized spacial score (nSPS) is 13.9. The van der Waals surface area contributed by atoms with Gasteiger partial charge in [-0.1, -0.05) is 30.2 Å². The van der Waals surface area contributed by atoms with Crippen LogP contribution in [0.25, 0.3) is 11.4 Å². The second-order valence-corrected chi connectivity index (χ2v) is 9.89. The molecule has 1 aromatic heterocycles. The molecule has 3 N–H and O–H groups in total. The Morgan fingerprint density at radius 1 is 1.06 bits per heavy atom. The van der Waals surface area contributed by atoms with Gasteiger partial charge >= 0.3 is 0 Å². The molecule has 0 radical (unpaired) electrons. The SMILES string of the molecule is NS(=O)(=O)c1ccc(CCNC(=O)c2nc(-c3ccc(Cl)cc3)n3c2CCCCC3)cc1. The Labute approximate surface area is 192 Å². The number of carbonyl (C=O) groups is 1. The lowest BCUT2D eigenvalue weighted by molar-refractivity contribution is 0.0948. The molecule has 0 unspecified atom stereocenters. The summed E-state index contributed by atoms with van der Waals surface area (Å²) in [6, 6.07) is 13.9. The van der Waals surface area contributed by atoms with Gasteiger partial charge in [-0.05, 0) is 67.6 Å². The van der Waals surface area contributed by atoms with E-state index in [4.69, 9.17) is 21.7 Å². The first kappa shape index (κ1) is 22.5. The predicted octanol–water partition coefficient (Wildman–Crippen LogP) is 3.55. The van der Waals surface area contributed by atoms with Gasteiger partial charge in [0.2, 0.25) is 10.0 Å². The maximum atomic E-state index is 13.0. The van der Waals surface area contributed by atoms with Crippen LogP contribution < -0.4 is 10.5 Å². The van der Waals surface area contributed by atoms with Crippen molar-refractivity contribution in [3.05, 3.63) is 70.5 Å². The molecule has 1 aliphatic heterocycles. The van der Waals surface area contributed by atoms with E-state index in [0.29, 0.717) is 23.7 Å². The van der Waals surface area contributed by atoms with Crippen LogP contribution in [0.15, 0.2) is 53.4 Å². The lowest BCUT2D eigenvalue weighted by Crippen LogP contribution is -2.27. The molecule has 3 aromatic rings. The molecule has 7 nitrogen and oxygen atoms in total. The minimum Gasteiger partial charge on any atom is -0.350 e. The number of nitrogens with one attached hydrogen (secondary N) is 1. The number of nitrogens with two attached hydrogens (primary N) is 1. The summed E-state index contributed by atoms with van der Waals surface area (Å²) in [5.41, 5.74) is 3.29. The molecule has 168 valence electrons. The van der Waals surface area contributed by atoms with Gasteiger partial charge < -0.3 is 9.88 Å². The summed E-state index contributed by atoms with van der Waals surface area (Å²) < 4.78 is 24.9. The summed E-state index contributed by atoms with van der Waals surface area (Å²) in [4.78, 5) is 17.8. The number of benzene rings is 2. The number of hydrogen-bond donors (Lipinski definition) is 2. The van der Waals surface area contributed by atoms with Crippen molar-refractivity contribution < 1.29 is 13.2 Å². The van der Waals surface area contributed by atoms with Crippen molar-refractivity contribution in [1.82, 2.24) is 14.9 Å². The first-order chi connectivity index (χ1) is 15.3. The molecular formula is C23H25ClN4O3S. The molecule has 4 rings (SSSR count).